The molecule has 1 aromatic heterocycles. The summed E-state index contributed by atoms with van der Waals surface area (Å²) >= 11 is 7.37. The van der Waals surface area contributed by atoms with Crippen molar-refractivity contribution in [3.63, 3.8) is 0 Å². The third-order valence-electron chi connectivity index (χ3n) is 4.35. The van der Waals surface area contributed by atoms with Gasteiger partial charge in [0, 0.05) is 12.6 Å². The molecule has 0 fully saturated rings. The van der Waals surface area contributed by atoms with Gasteiger partial charge in [-0.1, -0.05) is 29.4 Å². The summed E-state index contributed by atoms with van der Waals surface area (Å²) in [7, 11) is 0. The minimum Gasteiger partial charge on any atom is -0.481 e. The lowest BCUT2D eigenvalue weighted by atomic mass is 10.2. The Bertz CT molecular complexity index is 1090. The maximum absolute atomic E-state index is 13.7. The molecule has 164 valence electrons. The number of nitrogens with one attached hydrogen (secondary N) is 1. The molecule has 1 atom stereocenters. The van der Waals surface area contributed by atoms with E-state index in [1.165, 1.54) is 6.07 Å². The van der Waals surface area contributed by atoms with Gasteiger partial charge in [-0.2, -0.15) is 0 Å². The molecule has 1 unspecified atom stereocenters. The van der Waals surface area contributed by atoms with Crippen molar-refractivity contribution in [1.29, 1.82) is 0 Å². The molecule has 6 nitrogen and oxygen atoms in total. The Hall–Kier alpha value is -2.65. The minimum absolute atomic E-state index is 0.0199. The monoisotopic (exact) mass is 466 g/mol. The summed E-state index contributed by atoms with van der Waals surface area (Å²) in [5, 5.41) is 11.8. The number of hydrogen-bond donors (Lipinski definition) is 1. The molecule has 0 radical (unpaired) electrons. The Morgan fingerprint density at radius 2 is 2.03 bits per heavy atom. The smallest absolute Gasteiger partial charge is 0.234 e. The van der Waals surface area contributed by atoms with Gasteiger partial charge in [-0.3, -0.25) is 4.79 Å². The second-order valence-corrected chi connectivity index (χ2v) is 8.09. The van der Waals surface area contributed by atoms with E-state index in [-0.39, 0.29) is 11.4 Å². The molecular formula is C21H21ClF2N4O2S. The quantitative estimate of drug-likeness (QED) is 0.449. The van der Waals surface area contributed by atoms with Crippen LogP contribution >= 0.6 is 23.4 Å². The summed E-state index contributed by atoms with van der Waals surface area (Å²) < 4.78 is 34.5. The fraction of sp³-hybridized carbons (Fsp3) is 0.286. The minimum atomic E-state index is -0.835. The first-order chi connectivity index (χ1) is 14.8. The van der Waals surface area contributed by atoms with Crippen LogP contribution in [0.2, 0.25) is 5.02 Å². The van der Waals surface area contributed by atoms with E-state index in [0.717, 1.165) is 23.4 Å². The highest BCUT2D eigenvalue weighted by Crippen LogP contribution is 2.30. The number of aromatic nitrogens is 3. The molecule has 0 aliphatic heterocycles. The van der Waals surface area contributed by atoms with Crippen molar-refractivity contribution in [2.45, 2.75) is 38.6 Å². The predicted molar refractivity (Wildman–Crippen MR) is 117 cm³/mol. The van der Waals surface area contributed by atoms with Gasteiger partial charge >= 0.3 is 0 Å². The van der Waals surface area contributed by atoms with E-state index in [0.29, 0.717) is 34.4 Å². The van der Waals surface area contributed by atoms with Gasteiger partial charge in [0.25, 0.3) is 0 Å². The standard InChI is InChI=1S/C21H21ClF2N4O2S/c1-4-28-20(13(3)30-18-9-12(2)5-7-15(18)22)26-27-21(28)31-11-19(29)25-17-8-6-14(23)10-16(17)24/h5-10,13H,4,11H2,1-3H3,(H,25,29). The van der Waals surface area contributed by atoms with Gasteiger partial charge in [0.2, 0.25) is 5.91 Å². The van der Waals surface area contributed by atoms with E-state index in [1.807, 2.05) is 37.5 Å². The van der Waals surface area contributed by atoms with Gasteiger partial charge in [0.05, 0.1) is 16.5 Å². The Labute approximate surface area is 188 Å². The third-order valence-corrected chi connectivity index (χ3v) is 5.63. The van der Waals surface area contributed by atoms with E-state index < -0.39 is 23.6 Å². The molecule has 0 saturated heterocycles. The highest BCUT2D eigenvalue weighted by atomic mass is 35.5. The van der Waals surface area contributed by atoms with Gasteiger partial charge in [0.1, 0.15) is 17.4 Å². The summed E-state index contributed by atoms with van der Waals surface area (Å²) in [6, 6.07) is 8.48. The van der Waals surface area contributed by atoms with Gasteiger partial charge in [-0.25, -0.2) is 8.78 Å². The van der Waals surface area contributed by atoms with E-state index in [1.54, 1.807) is 6.07 Å². The summed E-state index contributed by atoms with van der Waals surface area (Å²) in [6.07, 6.45) is -0.428. The van der Waals surface area contributed by atoms with Crippen LogP contribution in [0.5, 0.6) is 5.75 Å². The zero-order valence-electron chi connectivity index (χ0n) is 17.2. The molecule has 2 aromatic carbocycles. The topological polar surface area (TPSA) is 69.0 Å². The SMILES string of the molecule is CCn1c(SCC(=O)Nc2ccc(F)cc2F)nnc1C(C)Oc1cc(C)ccc1Cl. The molecule has 0 bridgehead atoms. The van der Waals surface area contributed by atoms with Gasteiger partial charge in [-0.15, -0.1) is 10.2 Å². The molecule has 1 heterocycles. The molecule has 31 heavy (non-hydrogen) atoms. The second-order valence-electron chi connectivity index (χ2n) is 6.74. The van der Waals surface area contributed by atoms with Gasteiger partial charge < -0.3 is 14.6 Å². The van der Waals surface area contributed by atoms with Crippen molar-refractivity contribution < 1.29 is 18.3 Å². The van der Waals surface area contributed by atoms with Crippen molar-refractivity contribution in [3.05, 3.63) is 64.4 Å². The molecular weight excluding hydrogens is 446 g/mol. The van der Waals surface area contributed by atoms with Crippen molar-refractivity contribution in [1.82, 2.24) is 14.8 Å². The molecule has 10 heteroatoms. The van der Waals surface area contributed by atoms with Crippen LogP contribution in [0, 0.1) is 18.6 Å². The number of benzene rings is 2. The van der Waals surface area contributed by atoms with Crippen molar-refractivity contribution >= 4 is 35.0 Å². The molecule has 0 aliphatic carbocycles. The number of anilines is 1. The number of hydrogen-bond acceptors (Lipinski definition) is 5. The number of ether oxygens (including phenoxy) is 1. The summed E-state index contributed by atoms with van der Waals surface area (Å²) in [4.78, 5) is 12.2. The van der Waals surface area contributed by atoms with Crippen molar-refractivity contribution in [2.24, 2.45) is 0 Å². The first-order valence-corrected chi connectivity index (χ1v) is 10.9. The van der Waals surface area contributed by atoms with Crippen LogP contribution in [0.15, 0.2) is 41.6 Å². The van der Waals surface area contributed by atoms with Crippen molar-refractivity contribution in [3.8, 4) is 5.75 Å². The normalized spacial score (nSPS) is 11.9. The van der Waals surface area contributed by atoms with Gasteiger partial charge in [-0.05, 0) is 50.6 Å². The number of aryl methyl sites for hydroxylation is 1. The predicted octanol–water partition coefficient (Wildman–Crippen LogP) is 5.41. The molecule has 3 aromatic rings. The van der Waals surface area contributed by atoms with Crippen LogP contribution in [-0.4, -0.2) is 26.4 Å². The second kappa shape index (κ2) is 10.1. The lowest BCUT2D eigenvalue weighted by molar-refractivity contribution is -0.113. The first-order valence-electron chi connectivity index (χ1n) is 9.52. The average molecular weight is 467 g/mol. The van der Waals surface area contributed by atoms with E-state index in [9.17, 15) is 13.6 Å². The zero-order valence-corrected chi connectivity index (χ0v) is 18.7. The average Bonchev–Trinajstić information content (AvgIpc) is 3.14. The highest BCUT2D eigenvalue weighted by Gasteiger charge is 2.20. The third kappa shape index (κ3) is 5.74. The number of carbonyl (C=O) groups is 1. The fourth-order valence-electron chi connectivity index (χ4n) is 2.86. The maximum Gasteiger partial charge on any atom is 0.234 e. The van der Waals surface area contributed by atoms with Crippen LogP contribution in [0.1, 0.15) is 31.3 Å². The zero-order chi connectivity index (χ0) is 22.5. The lowest BCUT2D eigenvalue weighted by Crippen LogP contribution is -2.16. The molecule has 0 spiro atoms. The highest BCUT2D eigenvalue weighted by molar-refractivity contribution is 7.99. The lowest BCUT2D eigenvalue weighted by Gasteiger charge is -2.16. The number of halogens is 3. The summed E-state index contributed by atoms with van der Waals surface area (Å²) in [6.45, 7) is 6.28. The van der Waals surface area contributed by atoms with E-state index in [2.05, 4.69) is 15.5 Å². The Morgan fingerprint density at radius 1 is 1.26 bits per heavy atom. The first kappa shape index (κ1) is 23.0. The fourth-order valence-corrected chi connectivity index (χ4v) is 3.83. The van der Waals surface area contributed by atoms with Gasteiger partial charge in [0.15, 0.2) is 17.1 Å². The molecule has 0 saturated carbocycles. The molecule has 3 rings (SSSR count). The van der Waals surface area contributed by atoms with Crippen LogP contribution in [0.4, 0.5) is 14.5 Å². The van der Waals surface area contributed by atoms with Crippen LogP contribution in [-0.2, 0) is 11.3 Å². The molecule has 0 aliphatic rings. The Morgan fingerprint density at radius 3 is 2.74 bits per heavy atom. The Kier molecular flexibility index (Phi) is 7.50. The Balaban J connectivity index is 1.66. The van der Waals surface area contributed by atoms with Crippen LogP contribution in [0.25, 0.3) is 0 Å². The van der Waals surface area contributed by atoms with Crippen LogP contribution in [0.3, 0.4) is 0 Å². The number of rotatable bonds is 8. The molecule has 1 amide bonds. The maximum atomic E-state index is 13.7. The number of carbonyl (C=O) groups excluding carboxylic acids is 1. The number of thioether (sulfide) groups is 1. The summed E-state index contributed by atoms with van der Waals surface area (Å²) in [5.74, 6) is -0.871. The summed E-state index contributed by atoms with van der Waals surface area (Å²) in [5.41, 5.74) is 0.935. The number of nitrogens with zero attached hydrogens (tertiary/aromatic N) is 3. The van der Waals surface area contributed by atoms with Crippen LogP contribution < -0.4 is 10.1 Å². The largest absolute Gasteiger partial charge is 0.481 e. The number of amides is 1. The van der Waals surface area contributed by atoms with E-state index in [4.69, 9.17) is 16.3 Å². The van der Waals surface area contributed by atoms with E-state index >= 15 is 0 Å². The van der Waals surface area contributed by atoms with Crippen molar-refractivity contribution in [2.75, 3.05) is 11.1 Å². The molecule has 1 N–H and O–H groups in total.